The molecular formula is C16H18N2O4S. The molecule has 0 aliphatic heterocycles. The molecule has 2 aromatic heterocycles. The summed E-state index contributed by atoms with van der Waals surface area (Å²) in [4.78, 5) is 28.3. The van der Waals surface area contributed by atoms with E-state index < -0.39 is 12.1 Å². The second-order valence-electron chi connectivity index (χ2n) is 5.92. The van der Waals surface area contributed by atoms with Crippen LogP contribution in [0, 0.1) is 0 Å². The van der Waals surface area contributed by atoms with E-state index in [0.29, 0.717) is 10.2 Å². The fraction of sp³-hybridized carbons (Fsp3) is 0.312. The Morgan fingerprint density at radius 1 is 1.43 bits per heavy atom. The second-order valence-corrected chi connectivity index (χ2v) is 6.92. The summed E-state index contributed by atoms with van der Waals surface area (Å²) in [5.74, 6) is -1.12. The van der Waals surface area contributed by atoms with Crippen LogP contribution in [-0.4, -0.2) is 28.8 Å². The predicted octanol–water partition coefficient (Wildman–Crippen LogP) is 4.03. The van der Waals surface area contributed by atoms with Crippen molar-refractivity contribution >= 4 is 39.3 Å². The highest BCUT2D eigenvalue weighted by molar-refractivity contribution is 7.21. The Hall–Kier alpha value is -2.41. The van der Waals surface area contributed by atoms with Crippen molar-refractivity contribution in [3.8, 4) is 0 Å². The number of carbonyl (C=O) groups is 2. The Morgan fingerprint density at radius 3 is 2.70 bits per heavy atom. The number of nitrogens with one attached hydrogen (secondary N) is 1. The standard InChI is InChI=1S/C16H18N2O4S/c1-5-8-22-15(21)18-11-9-6-7-10(16(2,3)4)17-13(9)23-12(11)14(19)20/h5-7H,1,8H2,2-4H3,(H,18,21)(H,19,20). The molecule has 122 valence electrons. The molecule has 7 heteroatoms. The van der Waals surface area contributed by atoms with E-state index in [1.165, 1.54) is 6.08 Å². The molecule has 2 heterocycles. The number of carbonyl (C=O) groups excluding carboxylic acids is 1. The highest BCUT2D eigenvalue weighted by Gasteiger charge is 2.23. The Bertz CT molecular complexity index is 774. The summed E-state index contributed by atoms with van der Waals surface area (Å²) >= 11 is 1.03. The molecule has 0 atom stereocenters. The van der Waals surface area contributed by atoms with Crippen LogP contribution in [0.2, 0.25) is 0 Å². The smallest absolute Gasteiger partial charge is 0.412 e. The van der Waals surface area contributed by atoms with Gasteiger partial charge in [0.2, 0.25) is 0 Å². The van der Waals surface area contributed by atoms with Crippen molar-refractivity contribution in [1.29, 1.82) is 0 Å². The largest absolute Gasteiger partial charge is 0.477 e. The van der Waals surface area contributed by atoms with Gasteiger partial charge in [0.1, 0.15) is 16.3 Å². The average molecular weight is 334 g/mol. The number of fused-ring (bicyclic) bond motifs is 1. The molecule has 0 unspecified atom stereocenters. The van der Waals surface area contributed by atoms with Crippen LogP contribution in [0.1, 0.15) is 36.1 Å². The lowest BCUT2D eigenvalue weighted by Crippen LogP contribution is -2.15. The molecule has 23 heavy (non-hydrogen) atoms. The molecule has 6 nitrogen and oxygen atoms in total. The van der Waals surface area contributed by atoms with E-state index in [1.807, 2.05) is 26.8 Å². The number of nitrogens with zero attached hydrogens (tertiary/aromatic N) is 1. The Kier molecular flexibility index (Phi) is 4.70. The summed E-state index contributed by atoms with van der Waals surface area (Å²) in [6.45, 7) is 9.57. The van der Waals surface area contributed by atoms with E-state index in [4.69, 9.17) is 4.74 Å². The van der Waals surface area contributed by atoms with Gasteiger partial charge in [-0.25, -0.2) is 14.6 Å². The molecule has 0 spiro atoms. The van der Waals surface area contributed by atoms with E-state index in [-0.39, 0.29) is 22.6 Å². The monoisotopic (exact) mass is 334 g/mol. The molecule has 0 aromatic carbocycles. The summed E-state index contributed by atoms with van der Waals surface area (Å²) in [6.07, 6.45) is 0.701. The average Bonchev–Trinajstić information content (AvgIpc) is 2.82. The van der Waals surface area contributed by atoms with Gasteiger partial charge in [0, 0.05) is 16.5 Å². The lowest BCUT2D eigenvalue weighted by molar-refractivity contribution is 0.0703. The lowest BCUT2D eigenvalue weighted by Gasteiger charge is -2.17. The SMILES string of the molecule is C=CCOC(=O)Nc1c(C(=O)O)sc2nc(C(C)(C)C)ccc12. The van der Waals surface area contributed by atoms with E-state index >= 15 is 0 Å². The number of thiophene rings is 1. The van der Waals surface area contributed by atoms with Gasteiger partial charge in [0.15, 0.2) is 0 Å². The van der Waals surface area contributed by atoms with Crippen molar-refractivity contribution in [2.45, 2.75) is 26.2 Å². The second kappa shape index (κ2) is 6.37. The first-order valence-electron chi connectivity index (χ1n) is 6.96. The molecule has 1 amide bonds. The first-order chi connectivity index (χ1) is 10.7. The molecule has 0 fully saturated rings. The number of aromatic carboxylic acids is 1. The fourth-order valence-corrected chi connectivity index (χ4v) is 2.91. The van der Waals surface area contributed by atoms with Gasteiger partial charge in [-0.05, 0) is 12.1 Å². The number of ether oxygens (including phenoxy) is 1. The van der Waals surface area contributed by atoms with Crippen LogP contribution in [-0.2, 0) is 10.2 Å². The number of pyridine rings is 1. The number of hydrogen-bond donors (Lipinski definition) is 2. The molecule has 2 N–H and O–H groups in total. The predicted molar refractivity (Wildman–Crippen MR) is 90.4 cm³/mol. The third-order valence-corrected chi connectivity index (χ3v) is 4.16. The first-order valence-corrected chi connectivity index (χ1v) is 7.77. The number of rotatable bonds is 4. The highest BCUT2D eigenvalue weighted by atomic mass is 32.1. The van der Waals surface area contributed by atoms with Crippen LogP contribution < -0.4 is 5.32 Å². The lowest BCUT2D eigenvalue weighted by atomic mass is 9.91. The summed E-state index contributed by atoms with van der Waals surface area (Å²) in [6, 6.07) is 3.61. The maximum absolute atomic E-state index is 11.7. The molecule has 0 saturated heterocycles. The third-order valence-electron chi connectivity index (χ3n) is 3.08. The molecule has 0 aliphatic carbocycles. The van der Waals surface area contributed by atoms with Gasteiger partial charge in [-0.15, -0.1) is 11.3 Å². The molecule has 0 bridgehead atoms. The molecule has 2 rings (SSSR count). The minimum absolute atomic E-state index is 0.0223. The van der Waals surface area contributed by atoms with Crippen molar-refractivity contribution in [2.75, 3.05) is 11.9 Å². The summed E-state index contributed by atoms with van der Waals surface area (Å²) in [5, 5.41) is 12.4. The van der Waals surface area contributed by atoms with E-state index in [9.17, 15) is 14.7 Å². The van der Waals surface area contributed by atoms with Crippen LogP contribution in [0.4, 0.5) is 10.5 Å². The number of carboxylic acid groups (broad SMARTS) is 1. The van der Waals surface area contributed by atoms with Crippen molar-refractivity contribution in [2.24, 2.45) is 0 Å². The summed E-state index contributed by atoms with van der Waals surface area (Å²) in [7, 11) is 0. The number of anilines is 1. The van der Waals surface area contributed by atoms with Crippen molar-refractivity contribution in [3.05, 3.63) is 35.4 Å². The van der Waals surface area contributed by atoms with Crippen LogP contribution in [0.5, 0.6) is 0 Å². The quantitative estimate of drug-likeness (QED) is 0.824. The molecule has 0 aliphatic rings. The van der Waals surface area contributed by atoms with Crippen molar-refractivity contribution in [3.63, 3.8) is 0 Å². The van der Waals surface area contributed by atoms with Crippen LogP contribution in [0.15, 0.2) is 24.8 Å². The van der Waals surface area contributed by atoms with Crippen LogP contribution >= 0.6 is 11.3 Å². The molecule has 0 saturated carbocycles. The molecular weight excluding hydrogens is 316 g/mol. The van der Waals surface area contributed by atoms with Crippen LogP contribution in [0.3, 0.4) is 0 Å². The topological polar surface area (TPSA) is 88.5 Å². The van der Waals surface area contributed by atoms with Gasteiger partial charge in [-0.1, -0.05) is 33.4 Å². The highest BCUT2D eigenvalue weighted by Crippen LogP contribution is 2.36. The summed E-state index contributed by atoms with van der Waals surface area (Å²) in [5.41, 5.74) is 0.904. The zero-order valence-electron chi connectivity index (χ0n) is 13.2. The maximum Gasteiger partial charge on any atom is 0.412 e. The van der Waals surface area contributed by atoms with E-state index in [0.717, 1.165) is 17.0 Å². The van der Waals surface area contributed by atoms with Gasteiger partial charge >= 0.3 is 12.1 Å². The number of amides is 1. The third kappa shape index (κ3) is 3.68. The van der Waals surface area contributed by atoms with Gasteiger partial charge in [-0.3, -0.25) is 5.32 Å². The van der Waals surface area contributed by atoms with Gasteiger partial charge in [-0.2, -0.15) is 0 Å². The van der Waals surface area contributed by atoms with Gasteiger partial charge in [0.05, 0.1) is 5.69 Å². The Balaban J connectivity index is 2.49. The zero-order valence-corrected chi connectivity index (χ0v) is 14.0. The zero-order chi connectivity index (χ0) is 17.2. The maximum atomic E-state index is 11.7. The van der Waals surface area contributed by atoms with Crippen molar-refractivity contribution < 1.29 is 19.4 Å². The molecule has 2 aromatic rings. The fourth-order valence-electron chi connectivity index (χ4n) is 1.94. The van der Waals surface area contributed by atoms with Gasteiger partial charge in [0.25, 0.3) is 0 Å². The summed E-state index contributed by atoms with van der Waals surface area (Å²) < 4.78 is 4.85. The number of aromatic nitrogens is 1. The molecule has 0 radical (unpaired) electrons. The van der Waals surface area contributed by atoms with Crippen molar-refractivity contribution in [1.82, 2.24) is 4.98 Å². The van der Waals surface area contributed by atoms with E-state index in [1.54, 1.807) is 6.07 Å². The van der Waals surface area contributed by atoms with E-state index in [2.05, 4.69) is 16.9 Å². The normalized spacial score (nSPS) is 11.3. The minimum atomic E-state index is -1.12. The minimum Gasteiger partial charge on any atom is -0.477 e. The Labute approximate surface area is 137 Å². The number of hydrogen-bond acceptors (Lipinski definition) is 5. The first kappa shape index (κ1) is 17.0. The van der Waals surface area contributed by atoms with Gasteiger partial charge < -0.3 is 9.84 Å². The Morgan fingerprint density at radius 2 is 2.13 bits per heavy atom. The number of carboxylic acids is 1. The van der Waals surface area contributed by atoms with Crippen LogP contribution in [0.25, 0.3) is 10.2 Å².